The second kappa shape index (κ2) is 3.95. The average Bonchev–Trinajstić information content (AvgIpc) is 2.18. The van der Waals surface area contributed by atoms with Crippen LogP contribution in [-0.2, 0) is 0 Å². The first-order valence-electron chi connectivity index (χ1n) is 4.95. The zero-order chi connectivity index (χ0) is 9.97. The van der Waals surface area contributed by atoms with Crippen LogP contribution in [0.4, 0.5) is 0 Å². The first-order valence-corrected chi connectivity index (χ1v) is 4.95. The van der Waals surface area contributed by atoms with Crippen molar-refractivity contribution in [2.75, 3.05) is 0 Å². The number of nitrogens with two attached hydrogens (primary N) is 1. The second-order valence-corrected chi connectivity index (χ2v) is 3.83. The lowest BCUT2D eigenvalue weighted by atomic mass is 9.89. The fraction of sp³-hybridized carbons (Fsp3) is 0.333. The van der Waals surface area contributed by atoms with Crippen LogP contribution in [0, 0.1) is 0 Å². The standard InChI is InChI=1S/C12H15NO/c13-11-6-10(7-12(14)8-11)9-4-2-1-3-5-9/h1-5,7,11-12,14H,6,8,13H2/t11?,12-/m1/s1. The molecule has 0 saturated carbocycles. The summed E-state index contributed by atoms with van der Waals surface area (Å²) >= 11 is 0. The highest BCUT2D eigenvalue weighted by Gasteiger charge is 2.18. The van der Waals surface area contributed by atoms with Gasteiger partial charge in [-0.2, -0.15) is 0 Å². The Morgan fingerprint density at radius 3 is 2.57 bits per heavy atom. The number of aliphatic hydroxyl groups excluding tert-OH is 1. The smallest absolute Gasteiger partial charge is 0.0741 e. The van der Waals surface area contributed by atoms with Crippen molar-refractivity contribution in [1.29, 1.82) is 0 Å². The van der Waals surface area contributed by atoms with Gasteiger partial charge in [0.05, 0.1) is 6.10 Å². The van der Waals surface area contributed by atoms with Crippen molar-refractivity contribution >= 4 is 5.57 Å². The van der Waals surface area contributed by atoms with E-state index in [2.05, 4.69) is 12.1 Å². The Hall–Kier alpha value is -1.12. The molecule has 14 heavy (non-hydrogen) atoms. The number of hydrogen-bond acceptors (Lipinski definition) is 2. The molecule has 0 heterocycles. The first-order chi connectivity index (χ1) is 6.75. The van der Waals surface area contributed by atoms with E-state index in [0.29, 0.717) is 6.42 Å². The van der Waals surface area contributed by atoms with E-state index in [9.17, 15) is 5.11 Å². The van der Waals surface area contributed by atoms with Crippen LogP contribution in [0.1, 0.15) is 18.4 Å². The van der Waals surface area contributed by atoms with Crippen molar-refractivity contribution in [3.8, 4) is 0 Å². The van der Waals surface area contributed by atoms with Crippen molar-refractivity contribution in [3.63, 3.8) is 0 Å². The van der Waals surface area contributed by atoms with E-state index in [-0.39, 0.29) is 12.1 Å². The van der Waals surface area contributed by atoms with Gasteiger partial charge in [0.25, 0.3) is 0 Å². The predicted molar refractivity (Wildman–Crippen MR) is 57.6 cm³/mol. The van der Waals surface area contributed by atoms with Gasteiger partial charge in [0.2, 0.25) is 0 Å². The summed E-state index contributed by atoms with van der Waals surface area (Å²) in [5, 5.41) is 9.55. The molecule has 1 unspecified atom stereocenters. The maximum atomic E-state index is 9.55. The van der Waals surface area contributed by atoms with E-state index in [1.165, 1.54) is 5.56 Å². The van der Waals surface area contributed by atoms with Gasteiger partial charge in [-0.3, -0.25) is 0 Å². The van der Waals surface area contributed by atoms with Crippen molar-refractivity contribution in [2.24, 2.45) is 5.73 Å². The zero-order valence-corrected chi connectivity index (χ0v) is 8.06. The Morgan fingerprint density at radius 1 is 1.21 bits per heavy atom. The van der Waals surface area contributed by atoms with Gasteiger partial charge in [0.15, 0.2) is 0 Å². The van der Waals surface area contributed by atoms with E-state index >= 15 is 0 Å². The quantitative estimate of drug-likeness (QED) is 0.704. The molecule has 0 spiro atoms. The van der Waals surface area contributed by atoms with E-state index in [4.69, 9.17) is 5.73 Å². The lowest BCUT2D eigenvalue weighted by molar-refractivity contribution is 0.198. The summed E-state index contributed by atoms with van der Waals surface area (Å²) in [6, 6.07) is 10.2. The fourth-order valence-corrected chi connectivity index (χ4v) is 1.91. The summed E-state index contributed by atoms with van der Waals surface area (Å²) in [6.45, 7) is 0. The molecule has 0 aliphatic heterocycles. The molecule has 0 saturated heterocycles. The van der Waals surface area contributed by atoms with Crippen LogP contribution in [-0.4, -0.2) is 17.3 Å². The Balaban J connectivity index is 2.26. The number of aliphatic hydroxyl groups is 1. The Morgan fingerprint density at radius 2 is 1.93 bits per heavy atom. The van der Waals surface area contributed by atoms with Gasteiger partial charge < -0.3 is 10.8 Å². The largest absolute Gasteiger partial charge is 0.389 e. The average molecular weight is 189 g/mol. The molecule has 0 amide bonds. The molecular weight excluding hydrogens is 174 g/mol. The second-order valence-electron chi connectivity index (χ2n) is 3.83. The van der Waals surface area contributed by atoms with Gasteiger partial charge >= 0.3 is 0 Å². The molecule has 2 nitrogen and oxygen atoms in total. The number of benzene rings is 1. The van der Waals surface area contributed by atoms with Crippen molar-refractivity contribution in [1.82, 2.24) is 0 Å². The molecule has 0 bridgehead atoms. The van der Waals surface area contributed by atoms with E-state index in [1.54, 1.807) is 0 Å². The van der Waals surface area contributed by atoms with Gasteiger partial charge in [-0.25, -0.2) is 0 Å². The third-order valence-corrected chi connectivity index (χ3v) is 2.56. The lowest BCUT2D eigenvalue weighted by Gasteiger charge is -2.23. The molecule has 0 radical (unpaired) electrons. The number of hydrogen-bond donors (Lipinski definition) is 2. The lowest BCUT2D eigenvalue weighted by Crippen LogP contribution is -2.29. The van der Waals surface area contributed by atoms with Crippen molar-refractivity contribution < 1.29 is 5.11 Å². The summed E-state index contributed by atoms with van der Waals surface area (Å²) in [5.74, 6) is 0. The molecule has 74 valence electrons. The minimum atomic E-state index is -0.381. The van der Waals surface area contributed by atoms with Crippen LogP contribution in [0.3, 0.4) is 0 Å². The van der Waals surface area contributed by atoms with Crippen LogP contribution in [0.15, 0.2) is 36.4 Å². The van der Waals surface area contributed by atoms with E-state index < -0.39 is 0 Å². The van der Waals surface area contributed by atoms with Crippen LogP contribution in [0.2, 0.25) is 0 Å². The predicted octanol–water partition coefficient (Wildman–Crippen LogP) is 1.55. The topological polar surface area (TPSA) is 46.2 Å². The molecular formula is C12H15NO. The fourth-order valence-electron chi connectivity index (χ4n) is 1.91. The van der Waals surface area contributed by atoms with Gasteiger partial charge in [0, 0.05) is 6.04 Å². The van der Waals surface area contributed by atoms with Gasteiger partial charge in [-0.05, 0) is 24.0 Å². The minimum Gasteiger partial charge on any atom is -0.389 e. The highest BCUT2D eigenvalue weighted by Crippen LogP contribution is 2.25. The van der Waals surface area contributed by atoms with Crippen LogP contribution >= 0.6 is 0 Å². The summed E-state index contributed by atoms with van der Waals surface area (Å²) in [7, 11) is 0. The highest BCUT2D eigenvalue weighted by atomic mass is 16.3. The Kier molecular flexibility index (Phi) is 2.66. The molecule has 1 aliphatic carbocycles. The van der Waals surface area contributed by atoms with Gasteiger partial charge in [-0.1, -0.05) is 36.4 Å². The first kappa shape index (κ1) is 9.44. The molecule has 0 aromatic heterocycles. The summed E-state index contributed by atoms with van der Waals surface area (Å²) in [5.41, 5.74) is 8.18. The summed E-state index contributed by atoms with van der Waals surface area (Å²) in [6.07, 6.45) is 3.07. The summed E-state index contributed by atoms with van der Waals surface area (Å²) < 4.78 is 0. The van der Waals surface area contributed by atoms with Crippen LogP contribution in [0.5, 0.6) is 0 Å². The maximum Gasteiger partial charge on any atom is 0.0741 e. The SMILES string of the molecule is NC1CC(c2ccccc2)=C[C@@H](O)C1. The highest BCUT2D eigenvalue weighted by molar-refractivity contribution is 5.67. The minimum absolute atomic E-state index is 0.0882. The zero-order valence-electron chi connectivity index (χ0n) is 8.06. The molecule has 2 heteroatoms. The Bertz CT molecular complexity index is 331. The molecule has 2 rings (SSSR count). The molecule has 1 aliphatic rings. The van der Waals surface area contributed by atoms with Crippen molar-refractivity contribution in [3.05, 3.63) is 42.0 Å². The monoisotopic (exact) mass is 189 g/mol. The van der Waals surface area contributed by atoms with Gasteiger partial charge in [-0.15, -0.1) is 0 Å². The number of rotatable bonds is 1. The third kappa shape index (κ3) is 2.03. The molecule has 1 aromatic carbocycles. The Labute approximate surface area is 84.1 Å². The van der Waals surface area contributed by atoms with Crippen LogP contribution < -0.4 is 5.73 Å². The molecule has 2 atom stereocenters. The van der Waals surface area contributed by atoms with E-state index in [1.807, 2.05) is 24.3 Å². The van der Waals surface area contributed by atoms with E-state index in [0.717, 1.165) is 12.0 Å². The van der Waals surface area contributed by atoms with Crippen molar-refractivity contribution in [2.45, 2.75) is 25.0 Å². The van der Waals surface area contributed by atoms with Gasteiger partial charge in [0.1, 0.15) is 0 Å². The molecule has 0 fully saturated rings. The van der Waals surface area contributed by atoms with Crippen LogP contribution in [0.25, 0.3) is 5.57 Å². The maximum absolute atomic E-state index is 9.55. The molecule has 1 aromatic rings. The third-order valence-electron chi connectivity index (χ3n) is 2.56. The summed E-state index contributed by atoms with van der Waals surface area (Å²) in [4.78, 5) is 0. The molecule has 3 N–H and O–H groups in total. The normalized spacial score (nSPS) is 27.1.